The zero-order chi connectivity index (χ0) is 7.49. The molecule has 1 nitrogen and oxygen atoms in total. The van der Waals surface area contributed by atoms with Crippen LogP contribution in [0.2, 0.25) is 0 Å². The highest BCUT2D eigenvalue weighted by molar-refractivity contribution is 5.19. The van der Waals surface area contributed by atoms with Crippen molar-refractivity contribution in [3.05, 3.63) is 24.4 Å². The maximum atomic E-state index is 5.18. The van der Waals surface area contributed by atoms with Gasteiger partial charge in [-0.25, -0.2) is 0 Å². The van der Waals surface area contributed by atoms with Crippen molar-refractivity contribution >= 4 is 0 Å². The minimum atomic E-state index is 0.149. The lowest BCUT2D eigenvalue weighted by Crippen LogP contribution is -2.06. The number of nitrogens with two attached hydrogens (primary N) is 1. The van der Waals surface area contributed by atoms with E-state index in [1.807, 2.05) is 6.08 Å². The molecule has 0 bridgehead atoms. The van der Waals surface area contributed by atoms with Gasteiger partial charge in [-0.3, -0.25) is 0 Å². The minimum Gasteiger partial charge on any atom is -0.405 e. The van der Waals surface area contributed by atoms with Gasteiger partial charge in [-0.2, -0.15) is 0 Å². The second kappa shape index (κ2) is 2.72. The van der Waals surface area contributed by atoms with Gasteiger partial charge in [0.15, 0.2) is 0 Å². The summed E-state index contributed by atoms with van der Waals surface area (Å²) >= 11 is 0. The standard InChI is InChI=1S/C8H15N/c1-7(5-6-9)8(2,3)4/h5-6H,1,9H2,2-4H3. The second-order valence-corrected chi connectivity index (χ2v) is 3.13. The molecule has 0 spiro atoms. The molecule has 0 aliphatic rings. The van der Waals surface area contributed by atoms with Crippen LogP contribution in [0.4, 0.5) is 0 Å². The molecule has 2 N–H and O–H groups in total. The van der Waals surface area contributed by atoms with Gasteiger partial charge < -0.3 is 5.73 Å². The molecule has 0 aliphatic carbocycles. The van der Waals surface area contributed by atoms with Gasteiger partial charge in [-0.15, -0.1) is 0 Å². The number of hydrogen-bond donors (Lipinski definition) is 1. The Bertz CT molecular complexity index is 126. The minimum absolute atomic E-state index is 0.149. The van der Waals surface area contributed by atoms with E-state index < -0.39 is 0 Å². The third kappa shape index (κ3) is 2.96. The van der Waals surface area contributed by atoms with Crippen LogP contribution in [0, 0.1) is 5.41 Å². The summed E-state index contributed by atoms with van der Waals surface area (Å²) in [6, 6.07) is 0. The third-order valence-corrected chi connectivity index (χ3v) is 1.26. The molecule has 0 rings (SSSR count). The van der Waals surface area contributed by atoms with E-state index in [0.29, 0.717) is 0 Å². The molecule has 0 radical (unpaired) electrons. The molecule has 0 aromatic heterocycles. The second-order valence-electron chi connectivity index (χ2n) is 3.13. The van der Waals surface area contributed by atoms with Crippen LogP contribution < -0.4 is 5.73 Å². The zero-order valence-electron chi connectivity index (χ0n) is 6.44. The highest BCUT2D eigenvalue weighted by Gasteiger charge is 2.10. The lowest BCUT2D eigenvalue weighted by Gasteiger charge is -2.17. The molecule has 0 aromatic rings. The lowest BCUT2D eigenvalue weighted by atomic mass is 9.88. The molecule has 9 heavy (non-hydrogen) atoms. The van der Waals surface area contributed by atoms with Gasteiger partial charge in [0.2, 0.25) is 0 Å². The van der Waals surface area contributed by atoms with E-state index in [1.54, 1.807) is 0 Å². The third-order valence-electron chi connectivity index (χ3n) is 1.26. The Morgan fingerprint density at radius 2 is 1.89 bits per heavy atom. The first kappa shape index (κ1) is 8.28. The van der Waals surface area contributed by atoms with Crippen LogP contribution in [0.5, 0.6) is 0 Å². The molecule has 0 saturated heterocycles. The van der Waals surface area contributed by atoms with Crippen molar-refractivity contribution in [1.29, 1.82) is 0 Å². The van der Waals surface area contributed by atoms with Crippen molar-refractivity contribution in [2.75, 3.05) is 0 Å². The van der Waals surface area contributed by atoms with Crippen LogP contribution in [0.1, 0.15) is 20.8 Å². The maximum Gasteiger partial charge on any atom is -0.00596 e. The van der Waals surface area contributed by atoms with E-state index in [1.165, 1.54) is 6.20 Å². The molecule has 0 fully saturated rings. The molecular formula is C8H15N. The van der Waals surface area contributed by atoms with Crippen molar-refractivity contribution in [1.82, 2.24) is 0 Å². The van der Waals surface area contributed by atoms with E-state index in [2.05, 4.69) is 27.4 Å². The Morgan fingerprint density at radius 3 is 2.00 bits per heavy atom. The van der Waals surface area contributed by atoms with Crippen LogP contribution in [0.3, 0.4) is 0 Å². The highest BCUT2D eigenvalue weighted by Crippen LogP contribution is 2.23. The van der Waals surface area contributed by atoms with Gasteiger partial charge in [0.1, 0.15) is 0 Å². The van der Waals surface area contributed by atoms with Crippen LogP contribution in [-0.4, -0.2) is 0 Å². The van der Waals surface area contributed by atoms with Gasteiger partial charge in [0.25, 0.3) is 0 Å². The maximum absolute atomic E-state index is 5.18. The topological polar surface area (TPSA) is 26.0 Å². The van der Waals surface area contributed by atoms with Crippen LogP contribution in [-0.2, 0) is 0 Å². The molecule has 0 saturated carbocycles. The molecule has 0 heterocycles. The molecule has 0 aromatic carbocycles. The van der Waals surface area contributed by atoms with E-state index in [-0.39, 0.29) is 5.41 Å². The quantitative estimate of drug-likeness (QED) is 0.533. The first-order chi connectivity index (χ1) is 3.98. The van der Waals surface area contributed by atoms with Crippen LogP contribution >= 0.6 is 0 Å². The van der Waals surface area contributed by atoms with Gasteiger partial charge >= 0.3 is 0 Å². The Balaban J connectivity index is 4.06. The summed E-state index contributed by atoms with van der Waals surface area (Å²) in [5, 5.41) is 0. The van der Waals surface area contributed by atoms with Gasteiger partial charge in [0, 0.05) is 0 Å². The Hall–Kier alpha value is -0.720. The fourth-order valence-electron chi connectivity index (χ4n) is 0.366. The Morgan fingerprint density at radius 1 is 1.44 bits per heavy atom. The average molecular weight is 125 g/mol. The predicted octanol–water partition coefficient (Wildman–Crippen LogP) is 2.06. The normalized spacial score (nSPS) is 12.3. The molecule has 0 atom stereocenters. The van der Waals surface area contributed by atoms with Crippen LogP contribution in [0.15, 0.2) is 24.4 Å². The molecule has 1 heteroatoms. The number of hydrogen-bond acceptors (Lipinski definition) is 1. The van der Waals surface area contributed by atoms with Gasteiger partial charge in [-0.1, -0.05) is 27.4 Å². The molecule has 0 amide bonds. The molecular weight excluding hydrogens is 110 g/mol. The van der Waals surface area contributed by atoms with Crippen molar-refractivity contribution < 1.29 is 0 Å². The summed E-state index contributed by atoms with van der Waals surface area (Å²) in [5.74, 6) is 0. The highest BCUT2D eigenvalue weighted by atomic mass is 14.5. The van der Waals surface area contributed by atoms with E-state index in [0.717, 1.165) is 5.57 Å². The Labute approximate surface area is 57.3 Å². The van der Waals surface area contributed by atoms with Crippen molar-refractivity contribution in [3.63, 3.8) is 0 Å². The molecule has 0 unspecified atom stereocenters. The SMILES string of the molecule is C=C(C=CN)C(C)(C)C. The fraction of sp³-hybridized carbons (Fsp3) is 0.500. The number of rotatable bonds is 1. The predicted molar refractivity (Wildman–Crippen MR) is 41.9 cm³/mol. The zero-order valence-corrected chi connectivity index (χ0v) is 6.44. The fourth-order valence-corrected chi connectivity index (χ4v) is 0.366. The first-order valence-electron chi connectivity index (χ1n) is 3.06. The molecule has 0 aliphatic heterocycles. The first-order valence-corrected chi connectivity index (χ1v) is 3.06. The van der Waals surface area contributed by atoms with Crippen molar-refractivity contribution in [3.8, 4) is 0 Å². The summed E-state index contributed by atoms with van der Waals surface area (Å²) < 4.78 is 0. The van der Waals surface area contributed by atoms with Gasteiger partial charge in [0.05, 0.1) is 0 Å². The average Bonchev–Trinajstić information content (AvgIpc) is 1.64. The van der Waals surface area contributed by atoms with E-state index in [9.17, 15) is 0 Å². The van der Waals surface area contributed by atoms with Crippen molar-refractivity contribution in [2.24, 2.45) is 11.1 Å². The molecule has 52 valence electrons. The summed E-state index contributed by atoms with van der Waals surface area (Å²) in [7, 11) is 0. The van der Waals surface area contributed by atoms with E-state index in [4.69, 9.17) is 5.73 Å². The Kier molecular flexibility index (Phi) is 2.50. The number of allylic oxidation sites excluding steroid dienone is 2. The summed E-state index contributed by atoms with van der Waals surface area (Å²) in [5.41, 5.74) is 6.39. The summed E-state index contributed by atoms with van der Waals surface area (Å²) in [6.07, 6.45) is 3.35. The summed E-state index contributed by atoms with van der Waals surface area (Å²) in [6.45, 7) is 10.2. The summed E-state index contributed by atoms with van der Waals surface area (Å²) in [4.78, 5) is 0. The smallest absolute Gasteiger partial charge is 0.00596 e. The van der Waals surface area contributed by atoms with Gasteiger partial charge in [-0.05, 0) is 23.3 Å². The van der Waals surface area contributed by atoms with Crippen LogP contribution in [0.25, 0.3) is 0 Å². The lowest BCUT2D eigenvalue weighted by molar-refractivity contribution is 0.519. The monoisotopic (exact) mass is 125 g/mol. The van der Waals surface area contributed by atoms with E-state index >= 15 is 0 Å². The largest absolute Gasteiger partial charge is 0.405 e. The van der Waals surface area contributed by atoms with Crippen molar-refractivity contribution in [2.45, 2.75) is 20.8 Å².